The Bertz CT molecular complexity index is 1090. The number of nitrogens with zero attached hydrogens (tertiary/aromatic N) is 3. The number of ether oxygens (including phenoxy) is 2. The molecule has 1 heterocycles. The van der Waals surface area contributed by atoms with Crippen molar-refractivity contribution >= 4 is 23.4 Å². The van der Waals surface area contributed by atoms with Gasteiger partial charge in [-0.25, -0.2) is 0 Å². The third-order valence-electron chi connectivity index (χ3n) is 5.53. The van der Waals surface area contributed by atoms with Crippen LogP contribution in [-0.4, -0.2) is 33.0 Å². The average molecular weight is 497 g/mol. The number of carbonyl (C=O) groups is 1. The second kappa shape index (κ2) is 12.1. The van der Waals surface area contributed by atoms with Crippen LogP contribution in [0.15, 0.2) is 53.7 Å². The number of hydrogen-bond donors (Lipinski definition) is 1. The van der Waals surface area contributed by atoms with Crippen molar-refractivity contribution in [3.63, 3.8) is 0 Å². The van der Waals surface area contributed by atoms with Crippen LogP contribution in [0.3, 0.4) is 0 Å². The molecule has 0 fully saturated rings. The molecule has 0 spiro atoms. The quantitative estimate of drug-likeness (QED) is 0.313. The molecule has 188 valence electrons. The molecule has 3 rings (SSSR count). The van der Waals surface area contributed by atoms with E-state index in [0.29, 0.717) is 17.0 Å². The van der Waals surface area contributed by atoms with Gasteiger partial charge < -0.3 is 19.4 Å². The van der Waals surface area contributed by atoms with Crippen LogP contribution in [0.1, 0.15) is 65.0 Å². The second-order valence-corrected chi connectivity index (χ2v) is 10.6. The van der Waals surface area contributed by atoms with E-state index in [1.165, 1.54) is 17.3 Å². The minimum Gasteiger partial charge on any atom is -0.497 e. The fraction of sp³-hybridized carbons (Fsp3) is 0.444. The van der Waals surface area contributed by atoms with E-state index < -0.39 is 0 Å². The first-order chi connectivity index (χ1) is 16.7. The molecule has 2 aromatic carbocycles. The highest BCUT2D eigenvalue weighted by Crippen LogP contribution is 2.29. The van der Waals surface area contributed by atoms with Gasteiger partial charge in [0.1, 0.15) is 11.5 Å². The molecular formula is C27H36N4O3S. The number of methoxy groups -OCH3 is 1. The molecule has 7 nitrogen and oxygen atoms in total. The van der Waals surface area contributed by atoms with Crippen molar-refractivity contribution in [3.05, 3.63) is 59.9 Å². The molecule has 0 aliphatic carbocycles. The molecule has 2 atom stereocenters. The summed E-state index contributed by atoms with van der Waals surface area (Å²) in [7, 11) is 1.61. The van der Waals surface area contributed by atoms with Gasteiger partial charge in [-0.2, -0.15) is 0 Å². The van der Waals surface area contributed by atoms with Crippen LogP contribution in [-0.2, 0) is 11.3 Å². The second-order valence-electron chi connectivity index (χ2n) is 9.31. The Kier molecular flexibility index (Phi) is 9.20. The lowest BCUT2D eigenvalue weighted by Gasteiger charge is -2.19. The first kappa shape index (κ1) is 26.6. The molecule has 2 unspecified atom stereocenters. The Morgan fingerprint density at radius 3 is 2.14 bits per heavy atom. The normalized spacial score (nSPS) is 13.1. The zero-order valence-corrected chi connectivity index (χ0v) is 22.4. The molecule has 0 saturated heterocycles. The smallest absolute Gasteiger partial charge is 0.237 e. The van der Waals surface area contributed by atoms with Gasteiger partial charge in [0.2, 0.25) is 5.91 Å². The summed E-state index contributed by atoms with van der Waals surface area (Å²) in [6.45, 7) is 13.2. The predicted molar refractivity (Wildman–Crippen MR) is 141 cm³/mol. The number of hydrogen-bond acceptors (Lipinski definition) is 6. The standard InChI is InChI=1S/C27H36N4O3S/c1-17(2)16-31-25(19(5)34-24-12-8-21(9-13-24)18(3)4)29-30-27(31)35-20(6)26(32)28-22-10-14-23(33-7)15-11-22/h8-15,17-20H,16H2,1-7H3,(H,28,32). The Hall–Kier alpha value is -3.00. The molecule has 0 aliphatic heterocycles. The van der Waals surface area contributed by atoms with Gasteiger partial charge in [0.05, 0.1) is 12.4 Å². The molecule has 3 aromatic rings. The maximum absolute atomic E-state index is 12.8. The first-order valence-corrected chi connectivity index (χ1v) is 12.9. The minimum atomic E-state index is -0.361. The van der Waals surface area contributed by atoms with Crippen molar-refractivity contribution in [2.75, 3.05) is 12.4 Å². The Balaban J connectivity index is 1.72. The third kappa shape index (κ3) is 7.24. The zero-order valence-electron chi connectivity index (χ0n) is 21.6. The Labute approximate surface area is 212 Å². The summed E-state index contributed by atoms with van der Waals surface area (Å²) in [4.78, 5) is 12.8. The zero-order chi connectivity index (χ0) is 25.5. The van der Waals surface area contributed by atoms with Crippen LogP contribution in [0.4, 0.5) is 5.69 Å². The highest BCUT2D eigenvalue weighted by Gasteiger charge is 2.24. The lowest BCUT2D eigenvalue weighted by molar-refractivity contribution is -0.115. The lowest BCUT2D eigenvalue weighted by Crippen LogP contribution is -2.23. The monoisotopic (exact) mass is 496 g/mol. The molecule has 35 heavy (non-hydrogen) atoms. The van der Waals surface area contributed by atoms with E-state index in [4.69, 9.17) is 9.47 Å². The number of thioether (sulfide) groups is 1. The van der Waals surface area contributed by atoms with Crippen molar-refractivity contribution in [2.45, 2.75) is 70.5 Å². The molecule has 1 amide bonds. The van der Waals surface area contributed by atoms with Crippen molar-refractivity contribution in [1.29, 1.82) is 0 Å². The number of amides is 1. The summed E-state index contributed by atoms with van der Waals surface area (Å²) in [6, 6.07) is 15.5. The first-order valence-electron chi connectivity index (χ1n) is 12.0. The molecule has 1 N–H and O–H groups in total. The van der Waals surface area contributed by atoms with Gasteiger partial charge in [0.25, 0.3) is 0 Å². The van der Waals surface area contributed by atoms with Crippen LogP contribution in [0.5, 0.6) is 11.5 Å². The minimum absolute atomic E-state index is 0.102. The van der Waals surface area contributed by atoms with Crippen molar-refractivity contribution in [1.82, 2.24) is 14.8 Å². The van der Waals surface area contributed by atoms with Gasteiger partial charge in [0.15, 0.2) is 17.1 Å². The number of rotatable bonds is 11. The topological polar surface area (TPSA) is 78.3 Å². The number of anilines is 1. The predicted octanol–water partition coefficient (Wildman–Crippen LogP) is 6.33. The Morgan fingerprint density at radius 2 is 1.57 bits per heavy atom. The summed E-state index contributed by atoms with van der Waals surface area (Å²) in [5.41, 5.74) is 1.99. The van der Waals surface area contributed by atoms with E-state index in [1.54, 1.807) is 7.11 Å². The SMILES string of the molecule is COc1ccc(NC(=O)C(C)Sc2nnc(C(C)Oc3ccc(C(C)C)cc3)n2CC(C)C)cc1. The summed E-state index contributed by atoms with van der Waals surface area (Å²) < 4.78 is 13.4. The fourth-order valence-corrected chi connectivity index (χ4v) is 4.41. The molecule has 0 aliphatic rings. The summed E-state index contributed by atoms with van der Waals surface area (Å²) >= 11 is 1.39. The van der Waals surface area contributed by atoms with Gasteiger partial charge in [-0.15, -0.1) is 10.2 Å². The molecule has 0 bridgehead atoms. The van der Waals surface area contributed by atoms with E-state index in [0.717, 1.165) is 29.6 Å². The highest BCUT2D eigenvalue weighted by molar-refractivity contribution is 8.00. The van der Waals surface area contributed by atoms with E-state index in [2.05, 4.69) is 59.9 Å². The molecule has 0 radical (unpaired) electrons. The lowest BCUT2D eigenvalue weighted by atomic mass is 10.0. The van der Waals surface area contributed by atoms with E-state index in [-0.39, 0.29) is 17.3 Å². The van der Waals surface area contributed by atoms with Crippen molar-refractivity contribution < 1.29 is 14.3 Å². The van der Waals surface area contributed by atoms with Crippen LogP contribution >= 0.6 is 11.8 Å². The van der Waals surface area contributed by atoms with Crippen LogP contribution in [0.25, 0.3) is 0 Å². The van der Waals surface area contributed by atoms with E-state index in [1.807, 2.05) is 50.2 Å². The summed E-state index contributed by atoms with van der Waals surface area (Å²) in [5, 5.41) is 12.2. The van der Waals surface area contributed by atoms with E-state index in [9.17, 15) is 4.79 Å². The highest BCUT2D eigenvalue weighted by atomic mass is 32.2. The number of benzene rings is 2. The van der Waals surface area contributed by atoms with Gasteiger partial charge in [-0.1, -0.05) is 51.6 Å². The molecular weight excluding hydrogens is 460 g/mol. The molecule has 0 saturated carbocycles. The van der Waals surface area contributed by atoms with Gasteiger partial charge in [-0.3, -0.25) is 4.79 Å². The van der Waals surface area contributed by atoms with Crippen molar-refractivity contribution in [2.24, 2.45) is 5.92 Å². The molecule has 1 aromatic heterocycles. The number of carbonyl (C=O) groups excluding carboxylic acids is 1. The van der Waals surface area contributed by atoms with Crippen LogP contribution in [0, 0.1) is 5.92 Å². The van der Waals surface area contributed by atoms with Gasteiger partial charge >= 0.3 is 0 Å². The summed E-state index contributed by atoms with van der Waals surface area (Å²) in [6.07, 6.45) is -0.288. The van der Waals surface area contributed by atoms with Crippen molar-refractivity contribution in [3.8, 4) is 11.5 Å². The maximum atomic E-state index is 12.8. The average Bonchev–Trinajstić information content (AvgIpc) is 3.21. The van der Waals surface area contributed by atoms with E-state index >= 15 is 0 Å². The number of nitrogens with one attached hydrogen (secondary N) is 1. The largest absolute Gasteiger partial charge is 0.497 e. The molecule has 8 heteroatoms. The fourth-order valence-electron chi connectivity index (χ4n) is 3.54. The maximum Gasteiger partial charge on any atom is 0.237 e. The summed E-state index contributed by atoms with van der Waals surface area (Å²) in [5.74, 6) is 3.03. The van der Waals surface area contributed by atoms with Gasteiger partial charge in [0, 0.05) is 12.2 Å². The van der Waals surface area contributed by atoms with Crippen LogP contribution < -0.4 is 14.8 Å². The van der Waals surface area contributed by atoms with Crippen LogP contribution in [0.2, 0.25) is 0 Å². The number of aromatic nitrogens is 3. The van der Waals surface area contributed by atoms with Gasteiger partial charge in [-0.05, 0) is 67.6 Å². The third-order valence-corrected chi connectivity index (χ3v) is 6.61. The Morgan fingerprint density at radius 1 is 0.943 bits per heavy atom.